The molecule has 12 nitrogen and oxygen atoms in total. The first-order valence-electron chi connectivity index (χ1n) is 13.9. The van der Waals surface area contributed by atoms with Gasteiger partial charge in [-0.1, -0.05) is 50.2 Å². The number of esters is 1. The van der Waals surface area contributed by atoms with Gasteiger partial charge >= 0.3 is 17.6 Å². The van der Waals surface area contributed by atoms with E-state index in [2.05, 4.69) is 9.97 Å². The lowest BCUT2D eigenvalue weighted by Crippen LogP contribution is -2.43. The summed E-state index contributed by atoms with van der Waals surface area (Å²) < 4.78 is 12.5. The zero-order valence-electron chi connectivity index (χ0n) is 24.5. The molecule has 5 aromatic rings. The first-order chi connectivity index (χ1) is 21.1. The normalized spacial score (nSPS) is 11.3. The number of aromatic amines is 1. The van der Waals surface area contributed by atoms with Gasteiger partial charge in [-0.3, -0.25) is 19.0 Å². The van der Waals surface area contributed by atoms with E-state index in [1.54, 1.807) is 69.3 Å². The molecule has 2 aromatic carbocycles. The van der Waals surface area contributed by atoms with Gasteiger partial charge < -0.3 is 19.6 Å². The van der Waals surface area contributed by atoms with E-state index in [1.807, 2.05) is 0 Å². The molecule has 0 saturated heterocycles. The number of rotatable bonds is 9. The van der Waals surface area contributed by atoms with Crippen LogP contribution in [0.15, 0.2) is 69.0 Å². The average molecular weight is 599 g/mol. The highest BCUT2D eigenvalue weighted by Gasteiger charge is 2.30. The minimum atomic E-state index is -1.37. The van der Waals surface area contributed by atoms with Gasteiger partial charge in [-0.25, -0.2) is 19.1 Å². The summed E-state index contributed by atoms with van der Waals surface area (Å²) in [5, 5.41) is 10.8. The number of carbonyl (C=O) groups is 2. The number of benzene rings is 2. The Hall–Kier alpha value is -5.52. The lowest BCUT2D eigenvalue weighted by molar-refractivity contribution is -0.143. The van der Waals surface area contributed by atoms with Gasteiger partial charge in [0.05, 0.1) is 36.9 Å². The zero-order valence-corrected chi connectivity index (χ0v) is 24.5. The van der Waals surface area contributed by atoms with Crippen LogP contribution in [-0.2, 0) is 22.6 Å². The number of carboxylic acid groups (broad SMARTS) is 1. The van der Waals surface area contributed by atoms with E-state index >= 15 is 0 Å². The highest BCUT2D eigenvalue weighted by molar-refractivity contribution is 6.11. The summed E-state index contributed by atoms with van der Waals surface area (Å²) in [7, 11) is 1.48. The molecule has 3 heterocycles. The van der Waals surface area contributed by atoms with Crippen LogP contribution in [0.3, 0.4) is 0 Å². The molecule has 0 fully saturated rings. The van der Waals surface area contributed by atoms with Crippen LogP contribution in [0.25, 0.3) is 33.1 Å². The number of nitrogens with one attached hydrogen (secondary N) is 1. The van der Waals surface area contributed by atoms with Crippen LogP contribution in [0.4, 0.5) is 0 Å². The third-order valence-electron chi connectivity index (χ3n) is 7.28. The summed E-state index contributed by atoms with van der Waals surface area (Å²) in [6.07, 6.45) is 0. The number of para-hydroxylation sites is 2. The number of carbonyl (C=O) groups excluding carboxylic acids is 1. The fraction of sp³-hybridized carbons (Fsp3) is 0.250. The van der Waals surface area contributed by atoms with Crippen molar-refractivity contribution in [3.05, 3.63) is 103 Å². The van der Waals surface area contributed by atoms with Gasteiger partial charge in [-0.15, -0.1) is 0 Å². The molecule has 0 aliphatic carbocycles. The van der Waals surface area contributed by atoms with Gasteiger partial charge in [-0.2, -0.15) is 0 Å². The van der Waals surface area contributed by atoms with E-state index in [0.717, 1.165) is 0 Å². The number of H-pyrrole nitrogens is 1. The predicted molar refractivity (Wildman–Crippen MR) is 164 cm³/mol. The summed E-state index contributed by atoms with van der Waals surface area (Å²) in [4.78, 5) is 74.2. The molecule has 2 N–H and O–H groups in total. The number of hydrogen-bond donors (Lipinski definition) is 2. The van der Waals surface area contributed by atoms with E-state index in [9.17, 15) is 29.1 Å². The van der Waals surface area contributed by atoms with Crippen molar-refractivity contribution in [1.29, 1.82) is 0 Å². The molecule has 0 aliphatic rings. The third-order valence-corrected chi connectivity index (χ3v) is 7.28. The number of aromatic nitrogens is 4. The van der Waals surface area contributed by atoms with Gasteiger partial charge in [0.1, 0.15) is 12.3 Å². The fourth-order valence-electron chi connectivity index (χ4n) is 5.38. The van der Waals surface area contributed by atoms with Crippen LogP contribution in [0.1, 0.15) is 48.3 Å². The van der Waals surface area contributed by atoms with Crippen LogP contribution in [0, 0.1) is 0 Å². The van der Waals surface area contributed by atoms with Gasteiger partial charge in [0.25, 0.3) is 5.56 Å². The maximum absolute atomic E-state index is 14.3. The Labute approximate surface area is 250 Å². The maximum Gasteiger partial charge on any atom is 0.338 e. The van der Waals surface area contributed by atoms with E-state index in [-0.39, 0.29) is 46.6 Å². The van der Waals surface area contributed by atoms with Gasteiger partial charge in [-0.05, 0) is 30.5 Å². The Kier molecular flexibility index (Phi) is 8.17. The molecule has 0 amide bonds. The summed E-state index contributed by atoms with van der Waals surface area (Å²) in [5.41, 5.74) is -1.53. The van der Waals surface area contributed by atoms with Crippen molar-refractivity contribution < 1.29 is 24.2 Å². The SMILES string of the molecule is CCOC(=O)Cn1c(=O)c2c(-c3cc(=O)[nH]c4ccccc34)c(C(=O)O)c(C(C)C)nc2n(Cc2ccccc2OC)c1=O. The van der Waals surface area contributed by atoms with E-state index in [4.69, 9.17) is 9.47 Å². The van der Waals surface area contributed by atoms with Crippen molar-refractivity contribution >= 4 is 33.9 Å². The highest BCUT2D eigenvalue weighted by Crippen LogP contribution is 2.37. The molecule has 0 aliphatic heterocycles. The maximum atomic E-state index is 14.3. The number of carboxylic acids is 1. The Balaban J connectivity index is 2.05. The van der Waals surface area contributed by atoms with Crippen LogP contribution < -0.4 is 21.5 Å². The van der Waals surface area contributed by atoms with Crippen molar-refractivity contribution in [2.45, 2.75) is 39.8 Å². The monoisotopic (exact) mass is 598 g/mol. The first kappa shape index (κ1) is 30.0. The van der Waals surface area contributed by atoms with E-state index < -0.39 is 41.2 Å². The molecular formula is C32H30N4O8. The predicted octanol–water partition coefficient (Wildman–Crippen LogP) is 3.51. The zero-order chi connectivity index (χ0) is 31.7. The van der Waals surface area contributed by atoms with E-state index in [1.165, 1.54) is 17.7 Å². The Bertz CT molecular complexity index is 2120. The van der Waals surface area contributed by atoms with Crippen molar-refractivity contribution in [1.82, 2.24) is 19.1 Å². The second kappa shape index (κ2) is 12.0. The summed E-state index contributed by atoms with van der Waals surface area (Å²) in [6, 6.07) is 14.9. The molecule has 226 valence electrons. The molecule has 0 bridgehead atoms. The minimum absolute atomic E-state index is 0.0169. The van der Waals surface area contributed by atoms with Gasteiger partial charge in [0.2, 0.25) is 5.56 Å². The number of pyridine rings is 2. The Morgan fingerprint density at radius 3 is 2.41 bits per heavy atom. The minimum Gasteiger partial charge on any atom is -0.496 e. The van der Waals surface area contributed by atoms with Crippen molar-refractivity contribution in [3.8, 4) is 16.9 Å². The fourth-order valence-corrected chi connectivity index (χ4v) is 5.38. The number of methoxy groups -OCH3 is 1. The Morgan fingerprint density at radius 1 is 1.02 bits per heavy atom. The number of fused-ring (bicyclic) bond motifs is 2. The number of hydrogen-bond acceptors (Lipinski definition) is 8. The molecule has 12 heteroatoms. The molecule has 0 atom stereocenters. The van der Waals surface area contributed by atoms with E-state index in [0.29, 0.717) is 26.8 Å². The quantitative estimate of drug-likeness (QED) is 0.242. The third kappa shape index (κ3) is 5.26. The highest BCUT2D eigenvalue weighted by atomic mass is 16.5. The smallest absolute Gasteiger partial charge is 0.338 e. The van der Waals surface area contributed by atoms with Crippen LogP contribution in [0.5, 0.6) is 5.75 Å². The largest absolute Gasteiger partial charge is 0.496 e. The molecule has 0 saturated carbocycles. The Morgan fingerprint density at radius 2 is 1.73 bits per heavy atom. The number of aromatic carboxylic acids is 1. The summed E-state index contributed by atoms with van der Waals surface area (Å²) in [6.45, 7) is 4.23. The molecular weight excluding hydrogens is 568 g/mol. The molecule has 44 heavy (non-hydrogen) atoms. The second-order valence-corrected chi connectivity index (χ2v) is 10.4. The van der Waals surface area contributed by atoms with Crippen LogP contribution >= 0.6 is 0 Å². The average Bonchev–Trinajstić information content (AvgIpc) is 3.00. The van der Waals surface area contributed by atoms with Gasteiger partial charge in [0, 0.05) is 28.1 Å². The van der Waals surface area contributed by atoms with Crippen LogP contribution in [-0.4, -0.2) is 49.9 Å². The van der Waals surface area contributed by atoms with Gasteiger partial charge in [0.15, 0.2) is 5.65 Å². The molecule has 0 unspecified atom stereocenters. The summed E-state index contributed by atoms with van der Waals surface area (Å²) >= 11 is 0. The molecule has 5 rings (SSSR count). The standard InChI is InChI=1S/C32H30N4O8/c1-5-44-24(38)16-36-30(39)27-25(20-14-23(37)33-21-12-8-7-11-19(20)21)26(31(40)41)28(17(2)3)34-29(27)35(32(36)42)15-18-10-6-9-13-22(18)43-4/h6-14,17H,5,15-16H2,1-4H3,(H,33,37)(H,40,41). The molecule has 0 radical (unpaired) electrons. The molecule has 3 aromatic heterocycles. The lowest BCUT2D eigenvalue weighted by Gasteiger charge is -2.21. The summed E-state index contributed by atoms with van der Waals surface area (Å²) in [5.74, 6) is -2.21. The lowest BCUT2D eigenvalue weighted by atomic mass is 9.90. The van der Waals surface area contributed by atoms with Crippen molar-refractivity contribution in [2.75, 3.05) is 13.7 Å². The van der Waals surface area contributed by atoms with Crippen molar-refractivity contribution in [3.63, 3.8) is 0 Å². The van der Waals surface area contributed by atoms with Crippen LogP contribution in [0.2, 0.25) is 0 Å². The number of ether oxygens (including phenoxy) is 2. The topological polar surface area (TPSA) is 163 Å². The van der Waals surface area contributed by atoms with Crippen molar-refractivity contribution in [2.24, 2.45) is 0 Å². The molecule has 0 spiro atoms. The first-order valence-corrected chi connectivity index (χ1v) is 13.9. The number of nitrogens with zero attached hydrogens (tertiary/aromatic N) is 3. The second-order valence-electron chi connectivity index (χ2n) is 10.4.